The van der Waals surface area contributed by atoms with Crippen LogP contribution in [0.3, 0.4) is 0 Å². The van der Waals surface area contributed by atoms with Gasteiger partial charge in [-0.15, -0.1) is 11.6 Å². The lowest BCUT2D eigenvalue weighted by Gasteiger charge is -2.03. The molecule has 76 valence electrons. The number of halogens is 1. The van der Waals surface area contributed by atoms with E-state index in [0.717, 1.165) is 6.42 Å². The molecular weight excluding hydrogens is 198 g/mol. The topological polar surface area (TPSA) is 29.1 Å². The molecule has 0 atom stereocenters. The number of hydrogen-bond acceptors (Lipinski definition) is 1. The second-order valence-corrected chi connectivity index (χ2v) is 3.40. The zero-order valence-corrected chi connectivity index (χ0v) is 8.76. The van der Waals surface area contributed by atoms with Crippen LogP contribution >= 0.6 is 11.6 Å². The molecule has 1 rings (SSSR count). The number of amides is 1. The van der Waals surface area contributed by atoms with Crippen molar-refractivity contribution in [3.8, 4) is 0 Å². The number of benzene rings is 1. The summed E-state index contributed by atoms with van der Waals surface area (Å²) in [6.07, 6.45) is 1.27. The highest BCUT2D eigenvalue weighted by Crippen LogP contribution is 1.98. The van der Waals surface area contributed by atoms with Gasteiger partial charge in [-0.25, -0.2) is 0 Å². The van der Waals surface area contributed by atoms with Crippen molar-refractivity contribution < 1.29 is 4.79 Å². The molecule has 0 saturated carbocycles. The molecule has 1 aromatic carbocycles. The van der Waals surface area contributed by atoms with Crippen LogP contribution in [0.4, 0.5) is 0 Å². The fourth-order valence-corrected chi connectivity index (χ4v) is 1.34. The molecule has 0 aliphatic carbocycles. The molecule has 0 unspecified atom stereocenters. The molecular formula is C11H14ClNO. The molecule has 0 spiro atoms. The lowest BCUT2D eigenvalue weighted by Crippen LogP contribution is -2.25. The third-order valence-electron chi connectivity index (χ3n) is 1.90. The summed E-state index contributed by atoms with van der Waals surface area (Å²) in [5, 5.41) is 2.81. The van der Waals surface area contributed by atoms with Crippen LogP contribution in [0.5, 0.6) is 0 Å². The van der Waals surface area contributed by atoms with Crippen molar-refractivity contribution in [1.29, 1.82) is 0 Å². The van der Waals surface area contributed by atoms with Gasteiger partial charge in [0.1, 0.15) is 0 Å². The van der Waals surface area contributed by atoms with Gasteiger partial charge in [0, 0.05) is 18.8 Å². The highest BCUT2D eigenvalue weighted by molar-refractivity contribution is 6.18. The maximum absolute atomic E-state index is 11.0. The minimum Gasteiger partial charge on any atom is -0.356 e. The van der Waals surface area contributed by atoms with E-state index in [1.165, 1.54) is 5.56 Å². The molecule has 0 aliphatic rings. The van der Waals surface area contributed by atoms with Crippen LogP contribution in [0, 0.1) is 0 Å². The van der Waals surface area contributed by atoms with Gasteiger partial charge in [0.05, 0.1) is 0 Å². The Hall–Kier alpha value is -1.02. The minimum absolute atomic E-state index is 0.0240. The fourth-order valence-electron chi connectivity index (χ4n) is 1.17. The predicted octanol–water partition coefficient (Wildman–Crippen LogP) is 1.97. The zero-order valence-electron chi connectivity index (χ0n) is 8.00. The maximum atomic E-state index is 11.0. The quantitative estimate of drug-likeness (QED) is 0.742. The summed E-state index contributed by atoms with van der Waals surface area (Å²) in [4.78, 5) is 11.0. The molecule has 0 saturated heterocycles. The van der Waals surface area contributed by atoms with Gasteiger partial charge in [-0.3, -0.25) is 4.79 Å². The highest BCUT2D eigenvalue weighted by Gasteiger charge is 1.98. The number of carbonyl (C=O) groups excluding carboxylic acids is 1. The van der Waals surface area contributed by atoms with Crippen molar-refractivity contribution in [2.45, 2.75) is 12.8 Å². The second-order valence-electron chi connectivity index (χ2n) is 3.02. The molecule has 2 nitrogen and oxygen atoms in total. The summed E-state index contributed by atoms with van der Waals surface area (Å²) >= 11 is 5.43. The van der Waals surface area contributed by atoms with Crippen LogP contribution < -0.4 is 5.32 Å². The zero-order chi connectivity index (χ0) is 10.2. The van der Waals surface area contributed by atoms with E-state index in [2.05, 4.69) is 5.32 Å². The van der Waals surface area contributed by atoms with E-state index in [0.29, 0.717) is 18.8 Å². The standard InChI is InChI=1S/C11H14ClNO/c12-8-6-11(14)13-9-7-10-4-2-1-3-5-10/h1-5H,6-9H2,(H,13,14). The largest absolute Gasteiger partial charge is 0.356 e. The van der Waals surface area contributed by atoms with Gasteiger partial charge in [-0.2, -0.15) is 0 Å². The molecule has 1 N–H and O–H groups in total. The number of nitrogens with one attached hydrogen (secondary N) is 1. The van der Waals surface area contributed by atoms with Crippen LogP contribution in [-0.2, 0) is 11.2 Å². The summed E-state index contributed by atoms with van der Waals surface area (Å²) in [7, 11) is 0. The molecule has 1 aromatic rings. The predicted molar refractivity (Wildman–Crippen MR) is 58.5 cm³/mol. The molecule has 0 aromatic heterocycles. The van der Waals surface area contributed by atoms with Crippen LogP contribution in [0.2, 0.25) is 0 Å². The molecule has 0 aliphatic heterocycles. The molecule has 0 bridgehead atoms. The van der Waals surface area contributed by atoms with Gasteiger partial charge in [-0.1, -0.05) is 30.3 Å². The van der Waals surface area contributed by atoms with Crippen molar-refractivity contribution in [2.75, 3.05) is 12.4 Å². The SMILES string of the molecule is O=C(CCCl)NCCc1ccccc1. The lowest BCUT2D eigenvalue weighted by atomic mass is 10.1. The van der Waals surface area contributed by atoms with Gasteiger partial charge in [0.2, 0.25) is 5.91 Å². The van der Waals surface area contributed by atoms with E-state index in [1.807, 2.05) is 30.3 Å². The van der Waals surface area contributed by atoms with Gasteiger partial charge in [-0.05, 0) is 12.0 Å². The molecule has 3 heteroatoms. The monoisotopic (exact) mass is 211 g/mol. The Morgan fingerprint density at radius 3 is 2.64 bits per heavy atom. The van der Waals surface area contributed by atoms with Gasteiger partial charge in [0.25, 0.3) is 0 Å². The van der Waals surface area contributed by atoms with Crippen molar-refractivity contribution >= 4 is 17.5 Å². The fraction of sp³-hybridized carbons (Fsp3) is 0.364. The maximum Gasteiger partial charge on any atom is 0.221 e. The van der Waals surface area contributed by atoms with Crippen LogP contribution in [-0.4, -0.2) is 18.3 Å². The van der Waals surface area contributed by atoms with Gasteiger partial charge < -0.3 is 5.32 Å². The average Bonchev–Trinajstić information content (AvgIpc) is 2.20. The summed E-state index contributed by atoms with van der Waals surface area (Å²) in [5.74, 6) is 0.410. The van der Waals surface area contributed by atoms with E-state index >= 15 is 0 Å². The summed E-state index contributed by atoms with van der Waals surface area (Å²) < 4.78 is 0. The molecule has 1 amide bonds. The third kappa shape index (κ3) is 4.28. The Balaban J connectivity index is 2.19. The van der Waals surface area contributed by atoms with Gasteiger partial charge in [0.15, 0.2) is 0 Å². The normalized spacial score (nSPS) is 9.79. The van der Waals surface area contributed by atoms with Crippen molar-refractivity contribution in [1.82, 2.24) is 5.32 Å². The Bertz CT molecular complexity index is 274. The van der Waals surface area contributed by atoms with Crippen molar-refractivity contribution in [3.63, 3.8) is 0 Å². The van der Waals surface area contributed by atoms with Gasteiger partial charge >= 0.3 is 0 Å². The first kappa shape index (κ1) is 11.1. The van der Waals surface area contributed by atoms with Crippen LogP contribution in [0.25, 0.3) is 0 Å². The summed E-state index contributed by atoms with van der Waals surface area (Å²) in [5.41, 5.74) is 1.23. The molecule has 0 heterocycles. The van der Waals surface area contributed by atoms with E-state index in [9.17, 15) is 4.79 Å². The van der Waals surface area contributed by atoms with Crippen molar-refractivity contribution in [2.24, 2.45) is 0 Å². The number of rotatable bonds is 5. The Kier molecular flexibility index (Phi) is 5.08. The average molecular weight is 212 g/mol. The van der Waals surface area contributed by atoms with Crippen molar-refractivity contribution in [3.05, 3.63) is 35.9 Å². The Labute approximate surface area is 89.3 Å². The molecule has 0 radical (unpaired) electrons. The summed E-state index contributed by atoms with van der Waals surface area (Å²) in [6, 6.07) is 10.1. The number of hydrogen-bond donors (Lipinski definition) is 1. The first-order valence-corrected chi connectivity index (χ1v) is 5.23. The first-order chi connectivity index (χ1) is 6.83. The van der Waals surface area contributed by atoms with E-state index < -0.39 is 0 Å². The summed E-state index contributed by atoms with van der Waals surface area (Å²) in [6.45, 7) is 0.680. The smallest absolute Gasteiger partial charge is 0.221 e. The third-order valence-corrected chi connectivity index (χ3v) is 2.09. The van der Waals surface area contributed by atoms with E-state index in [-0.39, 0.29) is 5.91 Å². The highest BCUT2D eigenvalue weighted by atomic mass is 35.5. The Morgan fingerprint density at radius 1 is 1.29 bits per heavy atom. The second kappa shape index (κ2) is 6.44. The Morgan fingerprint density at radius 2 is 2.00 bits per heavy atom. The van der Waals surface area contributed by atoms with Crippen LogP contribution in [0.15, 0.2) is 30.3 Å². The molecule has 0 fully saturated rings. The number of carbonyl (C=O) groups is 1. The van der Waals surface area contributed by atoms with Crippen LogP contribution in [0.1, 0.15) is 12.0 Å². The van der Waals surface area contributed by atoms with E-state index in [4.69, 9.17) is 11.6 Å². The minimum atomic E-state index is 0.0240. The van der Waals surface area contributed by atoms with E-state index in [1.54, 1.807) is 0 Å². The lowest BCUT2D eigenvalue weighted by molar-refractivity contribution is -0.120. The molecule has 14 heavy (non-hydrogen) atoms. The number of alkyl halides is 1. The first-order valence-electron chi connectivity index (χ1n) is 4.69.